The monoisotopic (exact) mass is 254 g/mol. The predicted octanol–water partition coefficient (Wildman–Crippen LogP) is 2.41. The van der Waals surface area contributed by atoms with E-state index in [4.69, 9.17) is 4.74 Å². The van der Waals surface area contributed by atoms with Crippen molar-refractivity contribution in [2.45, 2.75) is 64.0 Å². The van der Waals surface area contributed by atoms with Gasteiger partial charge in [-0.2, -0.15) is 0 Å². The molecule has 1 atom stereocenters. The summed E-state index contributed by atoms with van der Waals surface area (Å²) in [7, 11) is 0. The van der Waals surface area contributed by atoms with E-state index in [0.717, 1.165) is 25.3 Å². The van der Waals surface area contributed by atoms with Crippen LogP contribution in [0.25, 0.3) is 0 Å². The molecule has 3 nitrogen and oxygen atoms in total. The van der Waals surface area contributed by atoms with E-state index in [1.54, 1.807) is 0 Å². The lowest BCUT2D eigenvalue weighted by Gasteiger charge is -2.33. The molecule has 3 heteroatoms. The van der Waals surface area contributed by atoms with Crippen molar-refractivity contribution in [3.05, 3.63) is 0 Å². The van der Waals surface area contributed by atoms with E-state index in [9.17, 15) is 0 Å². The zero-order valence-electron chi connectivity index (χ0n) is 12.0. The molecule has 106 valence electrons. The van der Waals surface area contributed by atoms with Crippen molar-refractivity contribution in [2.24, 2.45) is 0 Å². The Labute approximate surface area is 112 Å². The van der Waals surface area contributed by atoms with Crippen LogP contribution in [0.4, 0.5) is 0 Å². The molecule has 1 aliphatic heterocycles. The molecule has 2 aliphatic rings. The first-order chi connectivity index (χ1) is 8.88. The lowest BCUT2D eigenvalue weighted by molar-refractivity contribution is 0.110. The minimum atomic E-state index is 0.757. The van der Waals surface area contributed by atoms with Crippen molar-refractivity contribution in [3.8, 4) is 0 Å². The number of likely N-dealkylation sites (tertiary alicyclic amines) is 1. The van der Waals surface area contributed by atoms with Crippen molar-refractivity contribution in [1.29, 1.82) is 0 Å². The van der Waals surface area contributed by atoms with Crippen LogP contribution in [-0.4, -0.2) is 49.8 Å². The normalized spacial score (nSPS) is 25.5. The van der Waals surface area contributed by atoms with Gasteiger partial charge in [-0.15, -0.1) is 0 Å². The summed E-state index contributed by atoms with van der Waals surface area (Å²) in [5.74, 6) is 0. The van der Waals surface area contributed by atoms with Crippen molar-refractivity contribution in [3.63, 3.8) is 0 Å². The van der Waals surface area contributed by atoms with Crippen molar-refractivity contribution < 1.29 is 4.74 Å². The van der Waals surface area contributed by atoms with Gasteiger partial charge in [0, 0.05) is 38.4 Å². The lowest BCUT2D eigenvalue weighted by Crippen LogP contribution is -2.46. The Morgan fingerprint density at radius 1 is 1.11 bits per heavy atom. The number of nitrogens with one attached hydrogen (secondary N) is 1. The predicted molar refractivity (Wildman–Crippen MR) is 76.0 cm³/mol. The SMILES string of the molecule is CCCCOCCCN1CCCC(NC2CC2)C1. The van der Waals surface area contributed by atoms with E-state index in [-0.39, 0.29) is 0 Å². The second kappa shape index (κ2) is 8.13. The van der Waals surface area contributed by atoms with E-state index in [1.807, 2.05) is 0 Å². The Hall–Kier alpha value is -0.120. The maximum absolute atomic E-state index is 5.62. The third-order valence-electron chi connectivity index (χ3n) is 3.96. The van der Waals surface area contributed by atoms with Crippen molar-refractivity contribution in [2.75, 3.05) is 32.8 Å². The van der Waals surface area contributed by atoms with Crippen LogP contribution in [0.3, 0.4) is 0 Å². The summed E-state index contributed by atoms with van der Waals surface area (Å²) < 4.78 is 5.62. The van der Waals surface area contributed by atoms with Gasteiger partial charge in [-0.25, -0.2) is 0 Å². The number of ether oxygens (including phenoxy) is 1. The summed E-state index contributed by atoms with van der Waals surface area (Å²) >= 11 is 0. The minimum absolute atomic E-state index is 0.757. The fraction of sp³-hybridized carbons (Fsp3) is 1.00. The van der Waals surface area contributed by atoms with Crippen LogP contribution in [0.15, 0.2) is 0 Å². The number of rotatable bonds is 9. The summed E-state index contributed by atoms with van der Waals surface area (Å²) in [6.07, 6.45) is 9.18. The van der Waals surface area contributed by atoms with E-state index in [1.165, 1.54) is 64.6 Å². The first kappa shape index (κ1) is 14.3. The van der Waals surface area contributed by atoms with Gasteiger partial charge in [0.2, 0.25) is 0 Å². The first-order valence-corrected chi connectivity index (χ1v) is 7.94. The number of hydrogen-bond donors (Lipinski definition) is 1. The molecule has 0 bridgehead atoms. The van der Waals surface area contributed by atoms with Crippen LogP contribution in [0.2, 0.25) is 0 Å². The summed E-state index contributed by atoms with van der Waals surface area (Å²) in [5.41, 5.74) is 0. The first-order valence-electron chi connectivity index (χ1n) is 7.94. The highest BCUT2D eigenvalue weighted by atomic mass is 16.5. The number of unbranched alkanes of at least 4 members (excludes halogenated alkanes) is 1. The Morgan fingerprint density at radius 3 is 2.72 bits per heavy atom. The molecule has 1 unspecified atom stereocenters. The van der Waals surface area contributed by atoms with Crippen molar-refractivity contribution >= 4 is 0 Å². The molecular formula is C15H30N2O. The quantitative estimate of drug-likeness (QED) is 0.640. The summed E-state index contributed by atoms with van der Waals surface area (Å²) in [6, 6.07) is 1.61. The third kappa shape index (κ3) is 5.68. The highest BCUT2D eigenvalue weighted by Gasteiger charge is 2.27. The molecule has 0 spiro atoms. The van der Waals surface area contributed by atoms with Gasteiger partial charge >= 0.3 is 0 Å². The zero-order chi connectivity index (χ0) is 12.6. The molecule has 1 saturated carbocycles. The highest BCUT2D eigenvalue weighted by Crippen LogP contribution is 2.21. The maximum Gasteiger partial charge on any atom is 0.0478 e. The van der Waals surface area contributed by atoms with Crippen molar-refractivity contribution in [1.82, 2.24) is 10.2 Å². The van der Waals surface area contributed by atoms with Gasteiger partial charge in [0.05, 0.1) is 0 Å². The Bertz CT molecular complexity index is 219. The Balaban J connectivity index is 1.49. The molecule has 0 aromatic carbocycles. The van der Waals surface area contributed by atoms with Crippen LogP contribution in [0, 0.1) is 0 Å². The Morgan fingerprint density at radius 2 is 1.94 bits per heavy atom. The molecule has 1 saturated heterocycles. The molecule has 1 N–H and O–H groups in total. The molecule has 18 heavy (non-hydrogen) atoms. The highest BCUT2D eigenvalue weighted by molar-refractivity contribution is 4.87. The van der Waals surface area contributed by atoms with Crippen LogP contribution in [-0.2, 0) is 4.74 Å². The molecular weight excluding hydrogens is 224 g/mol. The molecule has 1 heterocycles. The standard InChI is InChI=1S/C15H30N2O/c1-2-3-11-18-12-5-10-17-9-4-6-15(13-17)16-14-7-8-14/h14-16H,2-13H2,1H3. The summed E-state index contributed by atoms with van der Waals surface area (Å²) in [6.45, 7) is 7.86. The van der Waals surface area contributed by atoms with Gasteiger partial charge in [-0.05, 0) is 45.1 Å². The van der Waals surface area contributed by atoms with E-state index in [2.05, 4.69) is 17.1 Å². The van der Waals surface area contributed by atoms with Gasteiger partial charge in [-0.3, -0.25) is 0 Å². The maximum atomic E-state index is 5.62. The fourth-order valence-electron chi connectivity index (χ4n) is 2.72. The topological polar surface area (TPSA) is 24.5 Å². The van der Waals surface area contributed by atoms with Gasteiger partial charge < -0.3 is 15.0 Å². The molecule has 0 radical (unpaired) electrons. The van der Waals surface area contributed by atoms with Gasteiger partial charge in [0.1, 0.15) is 0 Å². The number of piperidine rings is 1. The van der Waals surface area contributed by atoms with Gasteiger partial charge in [0.15, 0.2) is 0 Å². The lowest BCUT2D eigenvalue weighted by atomic mass is 10.1. The average molecular weight is 254 g/mol. The zero-order valence-corrected chi connectivity index (χ0v) is 12.0. The minimum Gasteiger partial charge on any atom is -0.381 e. The molecule has 1 aliphatic carbocycles. The van der Waals surface area contributed by atoms with E-state index < -0.39 is 0 Å². The molecule has 2 rings (SSSR count). The Kier molecular flexibility index (Phi) is 6.46. The summed E-state index contributed by atoms with van der Waals surface area (Å²) in [5, 5.41) is 3.77. The van der Waals surface area contributed by atoms with Crippen LogP contribution >= 0.6 is 0 Å². The van der Waals surface area contributed by atoms with Crippen LogP contribution < -0.4 is 5.32 Å². The number of nitrogens with zero attached hydrogens (tertiary/aromatic N) is 1. The van der Waals surface area contributed by atoms with Crippen LogP contribution in [0.1, 0.15) is 51.9 Å². The second-order valence-corrected chi connectivity index (χ2v) is 5.90. The summed E-state index contributed by atoms with van der Waals surface area (Å²) in [4.78, 5) is 2.62. The number of hydrogen-bond acceptors (Lipinski definition) is 3. The smallest absolute Gasteiger partial charge is 0.0478 e. The van der Waals surface area contributed by atoms with Crippen LogP contribution in [0.5, 0.6) is 0 Å². The van der Waals surface area contributed by atoms with Gasteiger partial charge in [0.25, 0.3) is 0 Å². The second-order valence-electron chi connectivity index (χ2n) is 5.90. The van der Waals surface area contributed by atoms with E-state index >= 15 is 0 Å². The fourth-order valence-corrected chi connectivity index (χ4v) is 2.72. The third-order valence-corrected chi connectivity index (χ3v) is 3.96. The largest absolute Gasteiger partial charge is 0.381 e. The van der Waals surface area contributed by atoms with E-state index in [0.29, 0.717) is 0 Å². The average Bonchev–Trinajstić information content (AvgIpc) is 3.18. The van der Waals surface area contributed by atoms with Gasteiger partial charge in [-0.1, -0.05) is 13.3 Å². The molecule has 0 aromatic heterocycles. The molecule has 0 aromatic rings. The molecule has 2 fully saturated rings. The molecule has 0 amide bonds.